The molecule has 24 heavy (non-hydrogen) atoms. The predicted octanol–water partition coefficient (Wildman–Crippen LogP) is 2.18. The summed E-state index contributed by atoms with van der Waals surface area (Å²) in [6, 6.07) is 14.1. The van der Waals surface area contributed by atoms with Gasteiger partial charge in [0.15, 0.2) is 0 Å². The van der Waals surface area contributed by atoms with Crippen molar-refractivity contribution in [3.8, 4) is 6.07 Å². The number of hydrogen-bond acceptors (Lipinski definition) is 3. The van der Waals surface area contributed by atoms with Crippen molar-refractivity contribution in [3.05, 3.63) is 59.4 Å². The molecule has 0 unspecified atom stereocenters. The number of nitrogens with zero attached hydrogens (tertiary/aromatic N) is 2. The molecule has 1 aromatic heterocycles. The van der Waals surface area contributed by atoms with E-state index in [-0.39, 0.29) is 5.91 Å². The van der Waals surface area contributed by atoms with Crippen molar-refractivity contribution in [1.82, 2.24) is 15.2 Å². The van der Waals surface area contributed by atoms with E-state index in [0.717, 1.165) is 32.5 Å². The molecule has 5 nitrogen and oxygen atoms in total. The van der Waals surface area contributed by atoms with Gasteiger partial charge in [-0.3, -0.25) is 4.79 Å². The van der Waals surface area contributed by atoms with Gasteiger partial charge < -0.3 is 15.2 Å². The van der Waals surface area contributed by atoms with Crippen LogP contribution >= 0.6 is 0 Å². The van der Waals surface area contributed by atoms with Gasteiger partial charge in [-0.05, 0) is 36.9 Å². The number of carbonyl (C=O) groups excluding carboxylic acids is 1. The van der Waals surface area contributed by atoms with Crippen molar-refractivity contribution in [2.45, 2.75) is 12.8 Å². The average Bonchev–Trinajstić information content (AvgIpc) is 3.28. The summed E-state index contributed by atoms with van der Waals surface area (Å²) in [6.45, 7) is 3.87. The average molecular weight is 322 g/mol. The molecule has 3 rings (SSSR count). The standard InChI is InChI=1S/C19H22N4O/c20-11-17-10-18(21-13-17)19(24)22-12-16-7-9-23(14-16)8-6-15-4-2-1-3-5-15/h1-5,10,13,16,21H,6-9,12,14H2,(H,22,24)/t16-/m1/s1. The Morgan fingerprint density at radius 3 is 2.96 bits per heavy atom. The minimum absolute atomic E-state index is 0.140. The normalized spacial score (nSPS) is 17.5. The highest BCUT2D eigenvalue weighted by Crippen LogP contribution is 2.16. The van der Waals surface area contributed by atoms with Gasteiger partial charge >= 0.3 is 0 Å². The summed E-state index contributed by atoms with van der Waals surface area (Å²) in [4.78, 5) is 17.4. The van der Waals surface area contributed by atoms with Crippen LogP contribution in [0.15, 0.2) is 42.6 Å². The molecule has 2 aromatic rings. The first kappa shape index (κ1) is 16.3. The first-order valence-corrected chi connectivity index (χ1v) is 8.37. The maximum atomic E-state index is 12.1. The third-order valence-corrected chi connectivity index (χ3v) is 4.54. The monoisotopic (exact) mass is 322 g/mol. The number of benzene rings is 1. The van der Waals surface area contributed by atoms with E-state index in [4.69, 9.17) is 5.26 Å². The van der Waals surface area contributed by atoms with Crippen LogP contribution in [0.2, 0.25) is 0 Å². The van der Waals surface area contributed by atoms with E-state index in [9.17, 15) is 4.79 Å². The summed E-state index contributed by atoms with van der Waals surface area (Å²) in [5, 5.41) is 11.8. The van der Waals surface area contributed by atoms with Crippen LogP contribution in [0, 0.1) is 17.2 Å². The molecule has 1 amide bonds. The summed E-state index contributed by atoms with van der Waals surface area (Å²) in [5.41, 5.74) is 2.30. The third kappa shape index (κ3) is 4.24. The molecule has 0 saturated carbocycles. The number of H-pyrrole nitrogens is 1. The van der Waals surface area contributed by atoms with E-state index in [1.807, 2.05) is 12.1 Å². The Kier molecular flexibility index (Phi) is 5.29. The smallest absolute Gasteiger partial charge is 0.267 e. The van der Waals surface area contributed by atoms with E-state index >= 15 is 0 Å². The molecule has 5 heteroatoms. The summed E-state index contributed by atoms with van der Waals surface area (Å²) in [6.07, 6.45) is 3.73. The van der Waals surface area contributed by atoms with E-state index in [1.165, 1.54) is 5.56 Å². The van der Waals surface area contributed by atoms with Gasteiger partial charge in [-0.25, -0.2) is 0 Å². The molecule has 2 N–H and O–H groups in total. The van der Waals surface area contributed by atoms with Gasteiger partial charge in [-0.15, -0.1) is 0 Å². The molecule has 1 fully saturated rings. The molecular weight excluding hydrogens is 300 g/mol. The largest absolute Gasteiger partial charge is 0.356 e. The first-order valence-electron chi connectivity index (χ1n) is 8.37. The van der Waals surface area contributed by atoms with Crippen LogP contribution in [-0.2, 0) is 6.42 Å². The quantitative estimate of drug-likeness (QED) is 0.856. The molecule has 0 spiro atoms. The topological polar surface area (TPSA) is 71.9 Å². The second kappa shape index (κ2) is 7.80. The van der Waals surface area contributed by atoms with Gasteiger partial charge in [0.2, 0.25) is 0 Å². The van der Waals surface area contributed by atoms with Crippen LogP contribution in [0.25, 0.3) is 0 Å². The SMILES string of the molecule is N#Cc1c[nH]c(C(=O)NC[C@H]2CCN(CCc3ccccc3)C2)c1. The lowest BCUT2D eigenvalue weighted by Crippen LogP contribution is -2.31. The Morgan fingerprint density at radius 1 is 1.38 bits per heavy atom. The van der Waals surface area contributed by atoms with Crippen LogP contribution in [0.3, 0.4) is 0 Å². The van der Waals surface area contributed by atoms with Gasteiger partial charge in [0.1, 0.15) is 11.8 Å². The Hall–Kier alpha value is -2.58. The van der Waals surface area contributed by atoms with E-state index < -0.39 is 0 Å². The summed E-state index contributed by atoms with van der Waals surface area (Å²) in [7, 11) is 0. The molecular formula is C19H22N4O. The number of nitrogens with one attached hydrogen (secondary N) is 2. The molecule has 2 heterocycles. The van der Waals surface area contributed by atoms with Crippen LogP contribution < -0.4 is 5.32 Å². The Labute approximate surface area is 142 Å². The second-order valence-electron chi connectivity index (χ2n) is 6.31. The molecule has 1 aliphatic heterocycles. The number of aromatic nitrogens is 1. The van der Waals surface area contributed by atoms with E-state index in [1.54, 1.807) is 12.3 Å². The number of aromatic amines is 1. The van der Waals surface area contributed by atoms with Gasteiger partial charge in [-0.1, -0.05) is 30.3 Å². The van der Waals surface area contributed by atoms with Gasteiger partial charge in [0.05, 0.1) is 5.56 Å². The maximum absolute atomic E-state index is 12.1. The number of nitriles is 1. The minimum atomic E-state index is -0.140. The Balaban J connectivity index is 1.40. The van der Waals surface area contributed by atoms with Crippen molar-refractivity contribution in [2.24, 2.45) is 5.92 Å². The molecule has 0 bridgehead atoms. The van der Waals surface area contributed by atoms with E-state index in [0.29, 0.717) is 23.7 Å². The zero-order valence-corrected chi connectivity index (χ0v) is 13.7. The number of rotatable bonds is 6. The highest BCUT2D eigenvalue weighted by atomic mass is 16.1. The fourth-order valence-corrected chi connectivity index (χ4v) is 3.14. The summed E-state index contributed by atoms with van der Waals surface area (Å²) >= 11 is 0. The van der Waals surface area contributed by atoms with E-state index in [2.05, 4.69) is 39.5 Å². The molecule has 0 radical (unpaired) electrons. The number of amides is 1. The van der Waals surface area contributed by atoms with Crippen molar-refractivity contribution in [2.75, 3.05) is 26.2 Å². The van der Waals surface area contributed by atoms with Crippen LogP contribution in [0.5, 0.6) is 0 Å². The lowest BCUT2D eigenvalue weighted by Gasteiger charge is -2.16. The highest BCUT2D eigenvalue weighted by molar-refractivity contribution is 5.92. The van der Waals surface area contributed by atoms with Crippen LogP contribution in [-0.4, -0.2) is 42.0 Å². The summed E-state index contributed by atoms with van der Waals surface area (Å²) < 4.78 is 0. The van der Waals surface area contributed by atoms with Crippen LogP contribution in [0.1, 0.15) is 28.0 Å². The van der Waals surface area contributed by atoms with Crippen molar-refractivity contribution >= 4 is 5.91 Å². The second-order valence-corrected chi connectivity index (χ2v) is 6.31. The number of hydrogen-bond donors (Lipinski definition) is 2. The third-order valence-electron chi connectivity index (χ3n) is 4.54. The molecule has 0 aliphatic carbocycles. The predicted molar refractivity (Wildman–Crippen MR) is 92.5 cm³/mol. The zero-order chi connectivity index (χ0) is 16.8. The van der Waals surface area contributed by atoms with Crippen molar-refractivity contribution < 1.29 is 4.79 Å². The molecule has 1 aliphatic rings. The number of likely N-dealkylation sites (tertiary alicyclic amines) is 1. The van der Waals surface area contributed by atoms with Gasteiger partial charge in [0, 0.05) is 25.8 Å². The maximum Gasteiger partial charge on any atom is 0.267 e. The lowest BCUT2D eigenvalue weighted by atomic mass is 10.1. The Bertz CT molecular complexity index is 716. The molecule has 1 aromatic carbocycles. The zero-order valence-electron chi connectivity index (χ0n) is 13.7. The van der Waals surface area contributed by atoms with Crippen molar-refractivity contribution in [3.63, 3.8) is 0 Å². The van der Waals surface area contributed by atoms with Crippen molar-refractivity contribution in [1.29, 1.82) is 5.26 Å². The summed E-state index contributed by atoms with van der Waals surface area (Å²) in [5.74, 6) is 0.356. The first-order chi connectivity index (χ1) is 11.7. The van der Waals surface area contributed by atoms with Gasteiger partial charge in [0.25, 0.3) is 5.91 Å². The van der Waals surface area contributed by atoms with Gasteiger partial charge in [-0.2, -0.15) is 5.26 Å². The highest BCUT2D eigenvalue weighted by Gasteiger charge is 2.22. The molecule has 124 valence electrons. The minimum Gasteiger partial charge on any atom is -0.356 e. The Morgan fingerprint density at radius 2 is 2.21 bits per heavy atom. The number of carbonyl (C=O) groups is 1. The fraction of sp³-hybridized carbons (Fsp3) is 0.368. The molecule has 1 saturated heterocycles. The molecule has 1 atom stereocenters. The fourth-order valence-electron chi connectivity index (χ4n) is 3.14. The van der Waals surface area contributed by atoms with Crippen LogP contribution in [0.4, 0.5) is 0 Å². The lowest BCUT2D eigenvalue weighted by molar-refractivity contribution is 0.0943.